The smallest absolute Gasteiger partial charge is 0.221 e. The Morgan fingerprint density at radius 3 is 2.92 bits per heavy atom. The van der Waals surface area contributed by atoms with Crippen molar-refractivity contribution in [3.05, 3.63) is 6.33 Å². The highest BCUT2D eigenvalue weighted by Crippen LogP contribution is 1.91. The zero-order chi connectivity index (χ0) is 8.81. The maximum Gasteiger partial charge on any atom is 0.221 e. The molecule has 5 nitrogen and oxygen atoms in total. The highest BCUT2D eigenvalue weighted by atomic mass is 16.5. The minimum absolute atomic E-state index is 0.294. The van der Waals surface area contributed by atoms with Crippen LogP contribution in [0.5, 0.6) is 0 Å². The van der Waals surface area contributed by atoms with Gasteiger partial charge in [-0.15, -0.1) is 5.10 Å². The predicted molar refractivity (Wildman–Crippen MR) is 42.4 cm³/mol. The Morgan fingerprint density at radius 1 is 1.50 bits per heavy atom. The van der Waals surface area contributed by atoms with E-state index in [0.29, 0.717) is 6.10 Å². The van der Waals surface area contributed by atoms with Crippen LogP contribution >= 0.6 is 0 Å². The quantitative estimate of drug-likeness (QED) is 0.594. The van der Waals surface area contributed by atoms with Crippen LogP contribution in [0.1, 0.15) is 20.3 Å². The summed E-state index contributed by atoms with van der Waals surface area (Å²) in [4.78, 5) is 0. The van der Waals surface area contributed by atoms with Crippen molar-refractivity contribution in [2.75, 3.05) is 6.61 Å². The third kappa shape index (κ3) is 3.43. The molecule has 67 valence electrons. The third-order valence-corrected chi connectivity index (χ3v) is 1.32. The topological polar surface area (TPSA) is 52.8 Å². The van der Waals surface area contributed by atoms with Gasteiger partial charge in [-0.3, -0.25) is 0 Å². The molecule has 0 amide bonds. The molecule has 0 saturated carbocycles. The number of tetrazole rings is 1. The van der Waals surface area contributed by atoms with Gasteiger partial charge in [-0.25, -0.2) is 4.68 Å². The summed E-state index contributed by atoms with van der Waals surface area (Å²) >= 11 is 0. The van der Waals surface area contributed by atoms with Crippen molar-refractivity contribution in [2.45, 2.75) is 32.9 Å². The first-order valence-electron chi connectivity index (χ1n) is 4.04. The number of nitrogens with zero attached hydrogens (tertiary/aromatic N) is 4. The molecule has 1 aromatic heterocycles. The van der Waals surface area contributed by atoms with E-state index in [0.717, 1.165) is 19.6 Å². The second-order valence-corrected chi connectivity index (χ2v) is 2.78. The third-order valence-electron chi connectivity index (χ3n) is 1.32. The molecule has 0 atom stereocenters. The average Bonchev–Trinajstić information content (AvgIpc) is 2.49. The van der Waals surface area contributed by atoms with Crippen LogP contribution in [-0.4, -0.2) is 32.9 Å². The lowest BCUT2D eigenvalue weighted by molar-refractivity contribution is 0.0742. The highest BCUT2D eigenvalue weighted by Gasteiger charge is 1.95. The fourth-order valence-corrected chi connectivity index (χ4v) is 0.788. The second kappa shape index (κ2) is 4.82. The summed E-state index contributed by atoms with van der Waals surface area (Å²) in [5, 5.41) is 10.6. The molecule has 0 aliphatic heterocycles. The Labute approximate surface area is 71.7 Å². The molecule has 0 aliphatic rings. The minimum Gasteiger partial charge on any atom is -0.379 e. The molecule has 0 fully saturated rings. The fraction of sp³-hybridized carbons (Fsp3) is 0.857. The van der Waals surface area contributed by atoms with Crippen LogP contribution in [0.2, 0.25) is 0 Å². The molecular weight excluding hydrogens is 156 g/mol. The number of hydrogen-bond donors (Lipinski definition) is 0. The first-order valence-corrected chi connectivity index (χ1v) is 4.04. The van der Waals surface area contributed by atoms with Crippen LogP contribution in [0.4, 0.5) is 0 Å². The Kier molecular flexibility index (Phi) is 3.66. The first kappa shape index (κ1) is 9.12. The minimum atomic E-state index is 0.294. The Balaban J connectivity index is 2.04. The fourth-order valence-electron chi connectivity index (χ4n) is 0.788. The van der Waals surface area contributed by atoms with Gasteiger partial charge < -0.3 is 4.74 Å². The van der Waals surface area contributed by atoms with E-state index in [-0.39, 0.29) is 0 Å². The van der Waals surface area contributed by atoms with Crippen molar-refractivity contribution in [1.29, 1.82) is 0 Å². The van der Waals surface area contributed by atoms with Crippen LogP contribution in [0, 0.1) is 6.33 Å². The first-order chi connectivity index (χ1) is 5.79. The molecule has 0 N–H and O–H groups in total. The van der Waals surface area contributed by atoms with Gasteiger partial charge in [0.1, 0.15) is 0 Å². The van der Waals surface area contributed by atoms with Crippen LogP contribution in [0.25, 0.3) is 0 Å². The Hall–Kier alpha value is -0.970. The molecule has 1 rings (SSSR count). The summed E-state index contributed by atoms with van der Waals surface area (Å²) in [6, 6.07) is 0. The Morgan fingerprint density at radius 2 is 2.33 bits per heavy atom. The van der Waals surface area contributed by atoms with Gasteiger partial charge in [0.2, 0.25) is 6.33 Å². The van der Waals surface area contributed by atoms with E-state index in [9.17, 15) is 0 Å². The van der Waals surface area contributed by atoms with Crippen LogP contribution in [0.3, 0.4) is 0 Å². The van der Waals surface area contributed by atoms with Gasteiger partial charge in [0.25, 0.3) is 0 Å². The van der Waals surface area contributed by atoms with Crippen molar-refractivity contribution >= 4 is 0 Å². The standard InChI is InChI=1S/C7H13N4O/c1-7(2)12-5-3-4-11-6-8-9-10-11/h7H,3-5H2,1-2H3. The Bertz CT molecular complexity index is 197. The van der Waals surface area contributed by atoms with Crippen LogP contribution in [0.15, 0.2) is 0 Å². The van der Waals surface area contributed by atoms with Crippen molar-refractivity contribution in [2.24, 2.45) is 0 Å². The molecule has 1 heterocycles. The lowest BCUT2D eigenvalue weighted by Crippen LogP contribution is -2.07. The van der Waals surface area contributed by atoms with E-state index in [1.54, 1.807) is 4.68 Å². The molecular formula is C7H13N4O. The summed E-state index contributed by atoms with van der Waals surface area (Å²) in [5.41, 5.74) is 0. The zero-order valence-corrected chi connectivity index (χ0v) is 7.40. The van der Waals surface area contributed by atoms with Gasteiger partial charge >= 0.3 is 0 Å². The molecule has 1 aromatic rings. The SMILES string of the molecule is CC(C)OCCCn1[c]nnn1. The van der Waals surface area contributed by atoms with E-state index < -0.39 is 0 Å². The van der Waals surface area contributed by atoms with Crippen molar-refractivity contribution in [3.8, 4) is 0 Å². The summed E-state index contributed by atoms with van der Waals surface area (Å²) in [7, 11) is 0. The van der Waals surface area contributed by atoms with E-state index in [2.05, 4.69) is 21.9 Å². The summed E-state index contributed by atoms with van der Waals surface area (Å²) in [6.45, 7) is 5.54. The van der Waals surface area contributed by atoms with E-state index in [1.165, 1.54) is 0 Å². The van der Waals surface area contributed by atoms with E-state index in [4.69, 9.17) is 4.74 Å². The number of rotatable bonds is 5. The number of aryl methyl sites for hydroxylation is 1. The highest BCUT2D eigenvalue weighted by molar-refractivity contribution is 4.45. The van der Waals surface area contributed by atoms with Gasteiger partial charge in [-0.2, -0.15) is 0 Å². The summed E-state index contributed by atoms with van der Waals surface area (Å²) in [5.74, 6) is 0. The predicted octanol–water partition coefficient (Wildman–Crippen LogP) is 0.288. The summed E-state index contributed by atoms with van der Waals surface area (Å²) in [6.07, 6.45) is 3.82. The van der Waals surface area contributed by atoms with Gasteiger partial charge in [0.05, 0.1) is 6.10 Å². The molecule has 12 heavy (non-hydrogen) atoms. The molecule has 0 spiro atoms. The lowest BCUT2D eigenvalue weighted by Gasteiger charge is -2.05. The van der Waals surface area contributed by atoms with Crippen molar-refractivity contribution in [3.63, 3.8) is 0 Å². The van der Waals surface area contributed by atoms with Crippen LogP contribution in [-0.2, 0) is 11.3 Å². The zero-order valence-electron chi connectivity index (χ0n) is 7.40. The van der Waals surface area contributed by atoms with Gasteiger partial charge in [-0.1, -0.05) is 0 Å². The molecule has 0 aromatic carbocycles. The maximum absolute atomic E-state index is 5.34. The lowest BCUT2D eigenvalue weighted by atomic mass is 10.4. The molecule has 1 radical (unpaired) electrons. The molecule has 0 unspecified atom stereocenters. The largest absolute Gasteiger partial charge is 0.379 e. The van der Waals surface area contributed by atoms with E-state index in [1.807, 2.05) is 13.8 Å². The van der Waals surface area contributed by atoms with Crippen molar-refractivity contribution in [1.82, 2.24) is 20.2 Å². The molecule has 5 heteroatoms. The average molecular weight is 169 g/mol. The molecule has 0 saturated heterocycles. The molecule has 0 aliphatic carbocycles. The number of aromatic nitrogens is 4. The maximum atomic E-state index is 5.34. The van der Waals surface area contributed by atoms with E-state index >= 15 is 0 Å². The second-order valence-electron chi connectivity index (χ2n) is 2.78. The monoisotopic (exact) mass is 169 g/mol. The summed E-state index contributed by atoms with van der Waals surface area (Å²) < 4.78 is 6.92. The molecule has 0 bridgehead atoms. The van der Waals surface area contributed by atoms with Gasteiger partial charge in [0.15, 0.2) is 0 Å². The van der Waals surface area contributed by atoms with Gasteiger partial charge in [0, 0.05) is 13.2 Å². The normalized spacial score (nSPS) is 10.9. The van der Waals surface area contributed by atoms with Gasteiger partial charge in [-0.05, 0) is 30.7 Å². The van der Waals surface area contributed by atoms with Crippen LogP contribution < -0.4 is 0 Å². The number of ether oxygens (including phenoxy) is 1. The van der Waals surface area contributed by atoms with Crippen molar-refractivity contribution < 1.29 is 4.74 Å². The number of hydrogen-bond acceptors (Lipinski definition) is 4.